The van der Waals surface area contributed by atoms with Crippen LogP contribution in [-0.2, 0) is 11.3 Å². The maximum atomic E-state index is 12.2. The molecule has 0 radical (unpaired) electrons. The van der Waals surface area contributed by atoms with Gasteiger partial charge in [-0.1, -0.05) is 6.92 Å². The van der Waals surface area contributed by atoms with E-state index < -0.39 is 0 Å². The summed E-state index contributed by atoms with van der Waals surface area (Å²) in [7, 11) is 0. The molecule has 1 fully saturated rings. The zero-order chi connectivity index (χ0) is 13.3. The van der Waals surface area contributed by atoms with Gasteiger partial charge in [0.15, 0.2) is 0 Å². The van der Waals surface area contributed by atoms with Gasteiger partial charge < -0.3 is 4.90 Å². The van der Waals surface area contributed by atoms with E-state index in [4.69, 9.17) is 0 Å². The summed E-state index contributed by atoms with van der Waals surface area (Å²) in [4.78, 5) is 14.2. The van der Waals surface area contributed by atoms with Crippen molar-refractivity contribution >= 4 is 21.8 Å². The summed E-state index contributed by atoms with van der Waals surface area (Å²) in [5.41, 5.74) is 2.07. The van der Waals surface area contributed by atoms with Gasteiger partial charge in [0.1, 0.15) is 0 Å². The maximum Gasteiger partial charge on any atom is 0.227 e. The zero-order valence-electron chi connectivity index (χ0n) is 11.2. The summed E-state index contributed by atoms with van der Waals surface area (Å²) in [6.07, 6.45) is 2.29. The molecule has 1 saturated heterocycles. The predicted molar refractivity (Wildman–Crippen MR) is 74.4 cm³/mol. The van der Waals surface area contributed by atoms with Crippen LogP contribution in [-0.4, -0.2) is 33.7 Å². The van der Waals surface area contributed by atoms with Crippen LogP contribution in [0.1, 0.15) is 31.2 Å². The molecular formula is C13H20BrN3O. The van der Waals surface area contributed by atoms with Gasteiger partial charge >= 0.3 is 0 Å². The first kappa shape index (κ1) is 13.6. The number of nitrogens with zero attached hydrogens (tertiary/aromatic N) is 3. The van der Waals surface area contributed by atoms with Crippen LogP contribution in [0.3, 0.4) is 0 Å². The van der Waals surface area contributed by atoms with E-state index in [1.807, 2.05) is 30.4 Å². The van der Waals surface area contributed by atoms with Crippen molar-refractivity contribution in [3.8, 4) is 0 Å². The first-order chi connectivity index (χ1) is 8.50. The second-order valence-corrected chi connectivity index (χ2v) is 5.89. The van der Waals surface area contributed by atoms with Crippen molar-refractivity contribution in [1.82, 2.24) is 14.7 Å². The molecule has 4 nitrogen and oxygen atoms in total. The number of hydrogen-bond acceptors (Lipinski definition) is 2. The van der Waals surface area contributed by atoms with E-state index in [9.17, 15) is 4.79 Å². The summed E-state index contributed by atoms with van der Waals surface area (Å²) < 4.78 is 2.97. The van der Waals surface area contributed by atoms with E-state index in [-0.39, 0.29) is 11.8 Å². The molecule has 1 atom stereocenters. The molecule has 0 saturated carbocycles. The fourth-order valence-corrected chi connectivity index (χ4v) is 2.72. The molecule has 1 aromatic heterocycles. The minimum absolute atomic E-state index is 0.00648. The molecule has 0 aromatic carbocycles. The van der Waals surface area contributed by atoms with Gasteiger partial charge in [0.05, 0.1) is 22.6 Å². The lowest BCUT2D eigenvalue weighted by molar-refractivity contribution is -0.134. The Morgan fingerprint density at radius 1 is 1.39 bits per heavy atom. The molecule has 1 aliphatic rings. The summed E-state index contributed by atoms with van der Waals surface area (Å²) in [5.74, 6) is 0.254. The van der Waals surface area contributed by atoms with Gasteiger partial charge in [-0.25, -0.2) is 0 Å². The summed E-state index contributed by atoms with van der Waals surface area (Å²) in [6, 6.07) is 0. The Hall–Kier alpha value is -0.840. The van der Waals surface area contributed by atoms with Crippen LogP contribution in [0.2, 0.25) is 0 Å². The van der Waals surface area contributed by atoms with Crippen molar-refractivity contribution in [1.29, 1.82) is 0 Å². The van der Waals surface area contributed by atoms with E-state index in [2.05, 4.69) is 21.0 Å². The van der Waals surface area contributed by atoms with Crippen LogP contribution < -0.4 is 0 Å². The summed E-state index contributed by atoms with van der Waals surface area (Å²) in [5, 5.41) is 4.46. The Morgan fingerprint density at radius 2 is 2.00 bits per heavy atom. The second-order valence-electron chi connectivity index (χ2n) is 5.10. The highest BCUT2D eigenvalue weighted by Crippen LogP contribution is 2.21. The van der Waals surface area contributed by atoms with Gasteiger partial charge in [0, 0.05) is 18.8 Å². The molecule has 1 aliphatic heterocycles. The summed E-state index contributed by atoms with van der Waals surface area (Å²) >= 11 is 3.51. The number of halogens is 1. The molecule has 0 spiro atoms. The van der Waals surface area contributed by atoms with E-state index >= 15 is 0 Å². The minimum atomic E-state index is -0.00648. The van der Waals surface area contributed by atoms with Crippen LogP contribution in [0.5, 0.6) is 0 Å². The van der Waals surface area contributed by atoms with Crippen LogP contribution in [0.25, 0.3) is 0 Å². The first-order valence-corrected chi connectivity index (χ1v) is 7.28. The third-order valence-electron chi connectivity index (χ3n) is 3.58. The van der Waals surface area contributed by atoms with Crippen molar-refractivity contribution in [3.63, 3.8) is 0 Å². The van der Waals surface area contributed by atoms with Crippen molar-refractivity contribution < 1.29 is 4.79 Å². The average Bonchev–Trinajstić information content (AvgIpc) is 2.94. The lowest BCUT2D eigenvalue weighted by atomic mass is 10.1. The zero-order valence-corrected chi connectivity index (χ0v) is 12.8. The fourth-order valence-electron chi connectivity index (χ4n) is 2.44. The standard InChI is InChI=1S/C13H20BrN3O/c1-9(13(18)16-6-4-5-7-16)8-17-11(3)12(14)10(2)15-17/h9H,4-8H2,1-3H3. The van der Waals surface area contributed by atoms with Crippen LogP contribution >= 0.6 is 15.9 Å². The van der Waals surface area contributed by atoms with Crippen molar-refractivity contribution in [3.05, 3.63) is 15.9 Å². The first-order valence-electron chi connectivity index (χ1n) is 6.49. The Balaban J connectivity index is 2.04. The number of likely N-dealkylation sites (tertiary alicyclic amines) is 1. The molecule has 0 N–H and O–H groups in total. The topological polar surface area (TPSA) is 38.1 Å². The van der Waals surface area contributed by atoms with Gasteiger partial charge in [-0.2, -0.15) is 5.10 Å². The molecule has 1 unspecified atom stereocenters. The Labute approximate surface area is 116 Å². The second kappa shape index (κ2) is 5.43. The number of carbonyl (C=O) groups is 1. The molecule has 1 amide bonds. The number of rotatable bonds is 3. The highest BCUT2D eigenvalue weighted by molar-refractivity contribution is 9.10. The third kappa shape index (κ3) is 2.60. The van der Waals surface area contributed by atoms with E-state index in [0.717, 1.165) is 41.8 Å². The van der Waals surface area contributed by atoms with Gasteiger partial charge in [-0.15, -0.1) is 0 Å². The number of amides is 1. The molecule has 0 bridgehead atoms. The fraction of sp³-hybridized carbons (Fsp3) is 0.692. The minimum Gasteiger partial charge on any atom is -0.342 e. The normalized spacial score (nSPS) is 17.2. The largest absolute Gasteiger partial charge is 0.342 e. The number of hydrogen-bond donors (Lipinski definition) is 0. The lowest BCUT2D eigenvalue weighted by Crippen LogP contribution is -2.34. The molecule has 1 aromatic rings. The summed E-state index contributed by atoms with van der Waals surface area (Å²) in [6.45, 7) is 8.49. The molecule has 18 heavy (non-hydrogen) atoms. The Bertz CT molecular complexity index is 449. The monoisotopic (exact) mass is 313 g/mol. The SMILES string of the molecule is Cc1nn(CC(C)C(=O)N2CCCC2)c(C)c1Br. The molecule has 0 aliphatic carbocycles. The molecule has 100 valence electrons. The van der Waals surface area contributed by atoms with E-state index in [0.29, 0.717) is 6.54 Å². The van der Waals surface area contributed by atoms with Crippen molar-refractivity contribution in [2.75, 3.05) is 13.1 Å². The average molecular weight is 314 g/mol. The molecular weight excluding hydrogens is 294 g/mol. The third-order valence-corrected chi connectivity index (χ3v) is 4.73. The maximum absolute atomic E-state index is 12.2. The highest BCUT2D eigenvalue weighted by atomic mass is 79.9. The predicted octanol–water partition coefficient (Wildman–Crippen LogP) is 2.52. The molecule has 5 heteroatoms. The van der Waals surface area contributed by atoms with Crippen molar-refractivity contribution in [2.24, 2.45) is 5.92 Å². The van der Waals surface area contributed by atoms with Crippen LogP contribution in [0.15, 0.2) is 4.47 Å². The lowest BCUT2D eigenvalue weighted by Gasteiger charge is -2.20. The van der Waals surface area contributed by atoms with Gasteiger partial charge in [0.25, 0.3) is 0 Å². The Kier molecular flexibility index (Phi) is 4.10. The Morgan fingerprint density at radius 3 is 2.50 bits per heavy atom. The van der Waals surface area contributed by atoms with E-state index in [1.54, 1.807) is 0 Å². The smallest absolute Gasteiger partial charge is 0.227 e. The van der Waals surface area contributed by atoms with Gasteiger partial charge in [-0.3, -0.25) is 9.48 Å². The number of aromatic nitrogens is 2. The van der Waals surface area contributed by atoms with Crippen LogP contribution in [0.4, 0.5) is 0 Å². The quantitative estimate of drug-likeness (QED) is 0.860. The van der Waals surface area contributed by atoms with Gasteiger partial charge in [-0.05, 0) is 42.6 Å². The van der Waals surface area contributed by atoms with Gasteiger partial charge in [0.2, 0.25) is 5.91 Å². The number of aryl methyl sites for hydroxylation is 1. The molecule has 2 rings (SSSR count). The molecule has 2 heterocycles. The number of carbonyl (C=O) groups excluding carboxylic acids is 1. The highest BCUT2D eigenvalue weighted by Gasteiger charge is 2.24. The van der Waals surface area contributed by atoms with Crippen LogP contribution in [0, 0.1) is 19.8 Å². The van der Waals surface area contributed by atoms with E-state index in [1.165, 1.54) is 0 Å². The van der Waals surface area contributed by atoms with Crippen molar-refractivity contribution in [2.45, 2.75) is 40.2 Å².